The van der Waals surface area contributed by atoms with E-state index in [0.29, 0.717) is 0 Å². The molecule has 4 aliphatic rings. The Hall–Kier alpha value is -9.88. The maximum absolute atomic E-state index is 7.38. The maximum Gasteiger partial charge on any atom is 0.256 e. The number of hydrogen-bond acceptors (Lipinski definition) is 6. The highest BCUT2D eigenvalue weighted by atomic mass is 32.2. The van der Waals surface area contributed by atoms with Gasteiger partial charge in [-0.2, -0.15) is 0 Å². The van der Waals surface area contributed by atoms with Gasteiger partial charge in [-0.05, 0) is 195 Å². The zero-order chi connectivity index (χ0) is 60.5. The summed E-state index contributed by atoms with van der Waals surface area (Å²) in [5.41, 5.74) is 34.6. The second kappa shape index (κ2) is 21.2. The van der Waals surface area contributed by atoms with E-state index >= 15 is 0 Å². The second-order valence-corrected chi connectivity index (χ2v) is 26.1. The SMILES string of the molecule is Cc1cc(C)c(N(c2ccccc2)c2cc3c4c(c2)N(c2ccccc2-c2ccccc2)c2cc5c(cc2B4c2ccccc2O3)B2c3ccccc3N(c3c(C)cc(C)cc3C)c3cc(N(c4ccccc4)c4c(C)cc(C)cc4C)cc(c32)S5)c(C)c1. The van der Waals surface area contributed by atoms with E-state index in [9.17, 15) is 0 Å². The third-order valence-electron chi connectivity index (χ3n) is 18.8. The fraction of sp³-hybridized carbons (Fsp3) is 0.111. The van der Waals surface area contributed by atoms with Gasteiger partial charge in [-0.1, -0.05) is 198 Å². The van der Waals surface area contributed by atoms with Crippen molar-refractivity contribution >= 4 is 126 Å². The number of hydrogen-bond donors (Lipinski definition) is 0. The minimum Gasteiger partial charge on any atom is -0.458 e. The molecule has 89 heavy (non-hydrogen) atoms. The average Bonchev–Trinajstić information content (AvgIpc) is 0.755. The quantitative estimate of drug-likeness (QED) is 0.133. The highest BCUT2D eigenvalue weighted by Crippen LogP contribution is 2.53. The summed E-state index contributed by atoms with van der Waals surface area (Å²) in [6.45, 7) is 20.0. The topological polar surface area (TPSA) is 22.2 Å². The largest absolute Gasteiger partial charge is 0.458 e. The van der Waals surface area contributed by atoms with Gasteiger partial charge in [-0.15, -0.1) is 0 Å². The molecule has 0 saturated heterocycles. The Morgan fingerprint density at radius 2 is 0.809 bits per heavy atom. The molecule has 0 radical (unpaired) electrons. The average molecular weight is 1170 g/mol. The predicted molar refractivity (Wildman–Crippen MR) is 380 cm³/mol. The van der Waals surface area contributed by atoms with Crippen molar-refractivity contribution in [1.29, 1.82) is 0 Å². The van der Waals surface area contributed by atoms with Crippen LogP contribution < -0.4 is 57.1 Å². The van der Waals surface area contributed by atoms with Crippen LogP contribution in [0.15, 0.2) is 246 Å². The number of nitrogens with zero attached hydrogens (tertiary/aromatic N) is 4. The lowest BCUT2D eigenvalue weighted by Gasteiger charge is -2.44. The predicted octanol–water partition coefficient (Wildman–Crippen LogP) is 18.2. The van der Waals surface area contributed by atoms with E-state index in [0.717, 1.165) is 79.1 Å². The van der Waals surface area contributed by atoms with Crippen molar-refractivity contribution in [3.63, 3.8) is 0 Å². The number of anilines is 12. The first-order valence-electron chi connectivity index (χ1n) is 31.1. The highest BCUT2D eigenvalue weighted by molar-refractivity contribution is 8.00. The summed E-state index contributed by atoms with van der Waals surface area (Å²) in [4.78, 5) is 12.6. The fourth-order valence-electron chi connectivity index (χ4n) is 15.7. The van der Waals surface area contributed by atoms with Gasteiger partial charge in [0.1, 0.15) is 11.5 Å². The van der Waals surface area contributed by atoms with Gasteiger partial charge < -0.3 is 24.3 Å². The molecule has 0 amide bonds. The van der Waals surface area contributed by atoms with Gasteiger partial charge in [0.2, 0.25) is 6.71 Å². The smallest absolute Gasteiger partial charge is 0.256 e. The van der Waals surface area contributed by atoms with Crippen LogP contribution in [0.25, 0.3) is 11.1 Å². The molecule has 0 unspecified atom stereocenters. The number of benzene rings is 12. The third kappa shape index (κ3) is 8.78. The lowest BCUT2D eigenvalue weighted by molar-refractivity contribution is 0.487. The minimum atomic E-state index is -0.158. The Balaban J connectivity index is 0.998. The molecule has 5 nitrogen and oxygen atoms in total. The van der Waals surface area contributed by atoms with Crippen molar-refractivity contribution in [1.82, 2.24) is 0 Å². The van der Waals surface area contributed by atoms with Crippen molar-refractivity contribution < 1.29 is 4.74 Å². The van der Waals surface area contributed by atoms with E-state index in [-0.39, 0.29) is 13.4 Å². The van der Waals surface area contributed by atoms with Crippen LogP contribution in [0, 0.1) is 62.3 Å². The van der Waals surface area contributed by atoms with Crippen molar-refractivity contribution in [3.8, 4) is 22.6 Å². The summed E-state index contributed by atoms with van der Waals surface area (Å²) in [5, 5.41) is 0. The van der Waals surface area contributed by atoms with Crippen LogP contribution in [-0.4, -0.2) is 13.4 Å². The maximum atomic E-state index is 7.38. The van der Waals surface area contributed by atoms with Crippen LogP contribution >= 0.6 is 11.8 Å². The number of rotatable bonds is 9. The molecule has 0 fully saturated rings. The normalized spacial score (nSPS) is 13.0. The monoisotopic (exact) mass is 1160 g/mol. The Labute approximate surface area is 528 Å². The van der Waals surface area contributed by atoms with Gasteiger partial charge >= 0.3 is 0 Å². The van der Waals surface area contributed by atoms with Crippen molar-refractivity contribution in [3.05, 3.63) is 287 Å². The molecule has 16 rings (SSSR count). The molecule has 12 aromatic rings. The van der Waals surface area contributed by atoms with E-state index in [2.05, 4.69) is 319 Å². The van der Waals surface area contributed by atoms with Crippen LogP contribution in [0.4, 0.5) is 68.2 Å². The van der Waals surface area contributed by atoms with Gasteiger partial charge in [0.05, 0.1) is 28.4 Å². The first-order chi connectivity index (χ1) is 43.4. The molecule has 0 N–H and O–H groups in total. The summed E-state index contributed by atoms with van der Waals surface area (Å²) in [7, 11) is 0. The van der Waals surface area contributed by atoms with Gasteiger partial charge in [-0.3, -0.25) is 0 Å². The second-order valence-electron chi connectivity index (χ2n) is 25.0. The summed E-state index contributed by atoms with van der Waals surface area (Å²) in [6.07, 6.45) is 0. The lowest BCUT2D eigenvalue weighted by atomic mass is 9.31. The van der Waals surface area contributed by atoms with Gasteiger partial charge in [0.15, 0.2) is 0 Å². The molecule has 4 aliphatic heterocycles. The molecule has 0 aliphatic carbocycles. The fourth-order valence-corrected chi connectivity index (χ4v) is 16.9. The van der Waals surface area contributed by atoms with E-state index in [1.54, 1.807) is 0 Å². The molecule has 0 saturated carbocycles. The summed E-state index contributed by atoms with van der Waals surface area (Å²) in [5.74, 6) is 1.73. The first-order valence-corrected chi connectivity index (χ1v) is 31.9. The molecular weight excluding hydrogens is 1100 g/mol. The number of para-hydroxylation sites is 5. The molecular formula is C81H66B2N4OS. The van der Waals surface area contributed by atoms with E-state index in [1.165, 1.54) is 104 Å². The Bertz CT molecular complexity index is 4820. The minimum absolute atomic E-state index is 0.0917. The van der Waals surface area contributed by atoms with Crippen LogP contribution in [-0.2, 0) is 0 Å². The van der Waals surface area contributed by atoms with Crippen LogP contribution in [0.5, 0.6) is 11.5 Å². The Morgan fingerprint density at radius 1 is 0.326 bits per heavy atom. The molecule has 4 heterocycles. The third-order valence-corrected chi connectivity index (χ3v) is 19.9. The Morgan fingerprint density at radius 3 is 1.42 bits per heavy atom. The first kappa shape index (κ1) is 54.5. The van der Waals surface area contributed by atoms with Crippen LogP contribution in [0.3, 0.4) is 0 Å². The molecule has 0 spiro atoms. The molecule has 12 aromatic carbocycles. The standard InChI is InChI=1S/C81H66B2N4OS/c1-49-37-52(4)79(53(5)38-49)84(59-27-15-11-16-28-59)61-43-71-77-74(45-61)88-73-36-24-21-33-65(73)83(77)66-47-67-75(48-70(66)86(71)68-34-22-19-31-63(68)58-25-13-10-14-26-58)89-76-46-62(85(60-29-17-12-18-30-60)80-54(6)39-50(2)40-55(80)7)44-72-78(76)82(67)64-32-20-23-35-69(64)87(72)81-56(8)41-51(3)42-57(81)9/h10-48H,1-9H3. The number of aryl methyl sites for hydroxylation is 9. The molecule has 0 aromatic heterocycles. The van der Waals surface area contributed by atoms with E-state index < -0.39 is 0 Å². The van der Waals surface area contributed by atoms with Gasteiger partial charge in [0, 0.05) is 61.2 Å². The summed E-state index contributed by atoms with van der Waals surface area (Å²) >= 11 is 1.92. The van der Waals surface area contributed by atoms with Crippen LogP contribution in [0.1, 0.15) is 50.1 Å². The van der Waals surface area contributed by atoms with Crippen molar-refractivity contribution in [2.24, 2.45) is 0 Å². The summed E-state index contributed by atoms with van der Waals surface area (Å²) < 4.78 is 7.38. The van der Waals surface area contributed by atoms with Gasteiger partial charge in [-0.25, -0.2) is 0 Å². The molecule has 0 bridgehead atoms. The van der Waals surface area contributed by atoms with Crippen molar-refractivity contribution in [2.45, 2.75) is 72.1 Å². The van der Waals surface area contributed by atoms with Crippen LogP contribution in [0.2, 0.25) is 0 Å². The Kier molecular flexibility index (Phi) is 13.0. The van der Waals surface area contributed by atoms with E-state index in [1.807, 2.05) is 11.8 Å². The zero-order valence-electron chi connectivity index (χ0n) is 51.8. The van der Waals surface area contributed by atoms with Gasteiger partial charge in [0.25, 0.3) is 6.71 Å². The molecule has 428 valence electrons. The summed E-state index contributed by atoms with van der Waals surface area (Å²) in [6, 6.07) is 88.7. The number of fused-ring (bicyclic) bond motifs is 8. The zero-order valence-corrected chi connectivity index (χ0v) is 52.6. The molecule has 8 heteroatoms. The molecule has 0 atom stereocenters. The van der Waals surface area contributed by atoms with E-state index in [4.69, 9.17) is 4.74 Å². The highest BCUT2D eigenvalue weighted by Gasteiger charge is 2.47. The van der Waals surface area contributed by atoms with Crippen molar-refractivity contribution in [2.75, 3.05) is 19.6 Å². The lowest BCUT2D eigenvalue weighted by Crippen LogP contribution is -2.63. The number of ether oxygens (including phenoxy) is 1.